The van der Waals surface area contributed by atoms with E-state index in [1.165, 1.54) is 18.5 Å². The van der Waals surface area contributed by atoms with Crippen LogP contribution in [-0.2, 0) is 0 Å². The molecule has 2 fully saturated rings. The van der Waals surface area contributed by atoms with E-state index in [9.17, 15) is 0 Å². The minimum absolute atomic E-state index is 0.583. The SMILES string of the molecule is c1cc2nc(C3CC3)oc2cc1N1CCNCC1. The molecule has 1 aromatic carbocycles. The van der Waals surface area contributed by atoms with Gasteiger partial charge >= 0.3 is 0 Å². The van der Waals surface area contributed by atoms with Gasteiger partial charge in [0.25, 0.3) is 0 Å². The molecule has 0 radical (unpaired) electrons. The third kappa shape index (κ3) is 1.77. The molecule has 18 heavy (non-hydrogen) atoms. The van der Waals surface area contributed by atoms with E-state index in [1.54, 1.807) is 0 Å². The van der Waals surface area contributed by atoms with Gasteiger partial charge in [-0.15, -0.1) is 0 Å². The first kappa shape index (κ1) is 10.4. The maximum atomic E-state index is 5.87. The highest BCUT2D eigenvalue weighted by Crippen LogP contribution is 2.40. The van der Waals surface area contributed by atoms with Gasteiger partial charge in [-0.05, 0) is 25.0 Å². The van der Waals surface area contributed by atoms with Crippen LogP contribution in [0.3, 0.4) is 0 Å². The van der Waals surface area contributed by atoms with Gasteiger partial charge in [0.1, 0.15) is 5.52 Å². The van der Waals surface area contributed by atoms with E-state index in [2.05, 4.69) is 33.4 Å². The summed E-state index contributed by atoms with van der Waals surface area (Å²) in [5.41, 5.74) is 3.19. The van der Waals surface area contributed by atoms with Crippen LogP contribution in [0.15, 0.2) is 22.6 Å². The van der Waals surface area contributed by atoms with Crippen LogP contribution >= 0.6 is 0 Å². The summed E-state index contributed by atoms with van der Waals surface area (Å²) in [5.74, 6) is 1.52. The van der Waals surface area contributed by atoms with Crippen LogP contribution < -0.4 is 10.2 Å². The fourth-order valence-corrected chi connectivity index (χ4v) is 2.56. The number of benzene rings is 1. The van der Waals surface area contributed by atoms with Crippen molar-refractivity contribution in [2.24, 2.45) is 0 Å². The lowest BCUT2D eigenvalue weighted by Crippen LogP contribution is -2.43. The molecule has 4 nitrogen and oxygen atoms in total. The first-order chi connectivity index (χ1) is 8.90. The summed E-state index contributed by atoms with van der Waals surface area (Å²) in [4.78, 5) is 6.96. The normalized spacial score (nSPS) is 20.6. The van der Waals surface area contributed by atoms with E-state index in [1.807, 2.05) is 0 Å². The van der Waals surface area contributed by atoms with E-state index >= 15 is 0 Å². The molecule has 94 valence electrons. The van der Waals surface area contributed by atoms with Crippen molar-refractivity contribution in [3.05, 3.63) is 24.1 Å². The second-order valence-electron chi connectivity index (χ2n) is 5.22. The number of piperazine rings is 1. The minimum atomic E-state index is 0.583. The Hall–Kier alpha value is -1.55. The highest BCUT2D eigenvalue weighted by Gasteiger charge is 2.29. The van der Waals surface area contributed by atoms with E-state index in [0.29, 0.717) is 5.92 Å². The van der Waals surface area contributed by atoms with E-state index in [4.69, 9.17) is 4.42 Å². The van der Waals surface area contributed by atoms with Crippen molar-refractivity contribution in [3.8, 4) is 0 Å². The quantitative estimate of drug-likeness (QED) is 0.877. The molecule has 2 aliphatic rings. The van der Waals surface area contributed by atoms with Crippen molar-refractivity contribution in [2.75, 3.05) is 31.1 Å². The highest BCUT2D eigenvalue weighted by atomic mass is 16.3. The van der Waals surface area contributed by atoms with Crippen LogP contribution in [0.25, 0.3) is 11.1 Å². The lowest BCUT2D eigenvalue weighted by molar-refractivity contribution is 0.532. The maximum Gasteiger partial charge on any atom is 0.198 e. The maximum absolute atomic E-state index is 5.87. The van der Waals surface area contributed by atoms with Crippen LogP contribution in [-0.4, -0.2) is 31.2 Å². The van der Waals surface area contributed by atoms with Crippen LogP contribution in [0.2, 0.25) is 0 Å². The van der Waals surface area contributed by atoms with Gasteiger partial charge in [0.2, 0.25) is 0 Å². The van der Waals surface area contributed by atoms with E-state index in [0.717, 1.165) is 43.2 Å². The summed E-state index contributed by atoms with van der Waals surface area (Å²) in [5, 5.41) is 3.37. The summed E-state index contributed by atoms with van der Waals surface area (Å²) in [7, 11) is 0. The second-order valence-corrected chi connectivity index (χ2v) is 5.22. The Bertz CT molecular complexity index is 567. The average molecular weight is 243 g/mol. The predicted molar refractivity (Wildman–Crippen MR) is 71.1 cm³/mol. The van der Waals surface area contributed by atoms with Gasteiger partial charge in [0, 0.05) is 43.9 Å². The van der Waals surface area contributed by atoms with Gasteiger partial charge in [-0.25, -0.2) is 4.98 Å². The average Bonchev–Trinajstić information content (AvgIpc) is 3.19. The van der Waals surface area contributed by atoms with Crippen molar-refractivity contribution in [1.82, 2.24) is 10.3 Å². The Morgan fingerprint density at radius 1 is 1.22 bits per heavy atom. The summed E-state index contributed by atoms with van der Waals surface area (Å²) < 4.78 is 5.87. The third-order valence-electron chi connectivity index (χ3n) is 3.80. The number of rotatable bonds is 2. The molecule has 0 spiro atoms. The number of nitrogens with zero attached hydrogens (tertiary/aromatic N) is 2. The molecule has 1 saturated carbocycles. The Kier molecular flexibility index (Phi) is 2.30. The number of anilines is 1. The largest absolute Gasteiger partial charge is 0.440 e. The molecule has 1 aromatic heterocycles. The molecule has 1 saturated heterocycles. The Labute approximate surface area is 106 Å². The molecular formula is C14H17N3O. The number of fused-ring (bicyclic) bond motifs is 1. The van der Waals surface area contributed by atoms with Crippen LogP contribution in [0.5, 0.6) is 0 Å². The van der Waals surface area contributed by atoms with Crippen molar-refractivity contribution in [3.63, 3.8) is 0 Å². The number of hydrogen-bond donors (Lipinski definition) is 1. The van der Waals surface area contributed by atoms with Gasteiger partial charge in [-0.2, -0.15) is 0 Å². The standard InChI is InChI=1S/C14H17N3O/c1-2-10(1)14-16-12-4-3-11(9-13(12)18-14)17-7-5-15-6-8-17/h3-4,9-10,15H,1-2,5-8H2. The van der Waals surface area contributed by atoms with Gasteiger partial charge in [0.15, 0.2) is 11.5 Å². The monoisotopic (exact) mass is 243 g/mol. The predicted octanol–water partition coefficient (Wildman–Crippen LogP) is 2.11. The zero-order valence-electron chi connectivity index (χ0n) is 10.4. The molecule has 0 atom stereocenters. The molecule has 0 bridgehead atoms. The topological polar surface area (TPSA) is 41.3 Å². The molecule has 4 heteroatoms. The Balaban J connectivity index is 1.69. The van der Waals surface area contributed by atoms with Crippen molar-refractivity contribution in [1.29, 1.82) is 0 Å². The first-order valence-corrected chi connectivity index (χ1v) is 6.76. The summed E-state index contributed by atoms with van der Waals surface area (Å²) >= 11 is 0. The van der Waals surface area contributed by atoms with Gasteiger partial charge in [-0.1, -0.05) is 0 Å². The van der Waals surface area contributed by atoms with E-state index < -0.39 is 0 Å². The lowest BCUT2D eigenvalue weighted by atomic mass is 10.2. The van der Waals surface area contributed by atoms with Crippen LogP contribution in [0, 0.1) is 0 Å². The van der Waals surface area contributed by atoms with Gasteiger partial charge in [0.05, 0.1) is 0 Å². The molecule has 2 aromatic rings. The lowest BCUT2D eigenvalue weighted by Gasteiger charge is -2.29. The van der Waals surface area contributed by atoms with E-state index in [-0.39, 0.29) is 0 Å². The third-order valence-corrected chi connectivity index (χ3v) is 3.80. The van der Waals surface area contributed by atoms with Crippen molar-refractivity contribution >= 4 is 16.8 Å². The van der Waals surface area contributed by atoms with Crippen LogP contribution in [0.4, 0.5) is 5.69 Å². The molecular weight excluding hydrogens is 226 g/mol. The van der Waals surface area contributed by atoms with Crippen molar-refractivity contribution < 1.29 is 4.42 Å². The first-order valence-electron chi connectivity index (χ1n) is 6.76. The molecule has 2 heterocycles. The molecule has 1 aliphatic heterocycles. The number of nitrogens with one attached hydrogen (secondary N) is 1. The second kappa shape index (κ2) is 3.99. The Morgan fingerprint density at radius 2 is 2.06 bits per heavy atom. The fourth-order valence-electron chi connectivity index (χ4n) is 2.56. The summed E-state index contributed by atoms with van der Waals surface area (Å²) in [6.07, 6.45) is 2.47. The van der Waals surface area contributed by atoms with Crippen LogP contribution in [0.1, 0.15) is 24.7 Å². The minimum Gasteiger partial charge on any atom is -0.440 e. The molecule has 1 aliphatic carbocycles. The zero-order valence-corrected chi connectivity index (χ0v) is 10.4. The summed E-state index contributed by atoms with van der Waals surface area (Å²) in [6, 6.07) is 6.38. The van der Waals surface area contributed by atoms with Gasteiger partial charge in [-0.3, -0.25) is 0 Å². The molecule has 0 unspecified atom stereocenters. The molecule has 1 N–H and O–H groups in total. The zero-order chi connectivity index (χ0) is 11.9. The fraction of sp³-hybridized carbons (Fsp3) is 0.500. The smallest absolute Gasteiger partial charge is 0.198 e. The number of hydrogen-bond acceptors (Lipinski definition) is 4. The summed E-state index contributed by atoms with van der Waals surface area (Å²) in [6.45, 7) is 4.24. The Morgan fingerprint density at radius 3 is 2.83 bits per heavy atom. The van der Waals surface area contributed by atoms with Gasteiger partial charge < -0.3 is 14.6 Å². The molecule has 4 rings (SSSR count). The van der Waals surface area contributed by atoms with Crippen molar-refractivity contribution in [2.45, 2.75) is 18.8 Å². The number of aromatic nitrogens is 1. The number of oxazole rings is 1. The molecule has 0 amide bonds. The highest BCUT2D eigenvalue weighted by molar-refractivity contribution is 5.77.